The minimum Gasteiger partial charge on any atom is -0.495 e. The van der Waals surface area contributed by atoms with Crippen molar-refractivity contribution in [3.05, 3.63) is 59.4 Å². The van der Waals surface area contributed by atoms with Crippen LogP contribution >= 0.6 is 0 Å². The van der Waals surface area contributed by atoms with E-state index in [0.29, 0.717) is 43.3 Å². The molecule has 30 heavy (non-hydrogen) atoms. The number of benzene rings is 2. The van der Waals surface area contributed by atoms with Crippen molar-refractivity contribution in [2.24, 2.45) is 0 Å². The molecule has 0 aromatic heterocycles. The third-order valence-corrected chi connectivity index (χ3v) is 4.97. The molecule has 1 aliphatic heterocycles. The first-order valence-corrected chi connectivity index (χ1v) is 9.69. The number of rotatable bonds is 6. The topological polar surface area (TPSA) is 71.1 Å². The van der Waals surface area contributed by atoms with Crippen molar-refractivity contribution in [1.82, 2.24) is 9.80 Å². The average Bonchev–Trinajstić information content (AvgIpc) is 2.75. The minimum atomic E-state index is -0.840. The molecule has 1 aliphatic rings. The van der Waals surface area contributed by atoms with Gasteiger partial charge in [-0.05, 0) is 24.3 Å². The molecule has 0 radical (unpaired) electrons. The SMILES string of the molecule is COc1ccc(C(=O)N(C)C)cc1NC(=O)C(c1ccccc1F)N1CCOCC1. The molecule has 1 unspecified atom stereocenters. The Morgan fingerprint density at radius 2 is 1.87 bits per heavy atom. The highest BCUT2D eigenvalue weighted by Gasteiger charge is 2.31. The van der Waals surface area contributed by atoms with Crippen LogP contribution in [-0.4, -0.2) is 69.1 Å². The van der Waals surface area contributed by atoms with Gasteiger partial charge in [0.1, 0.15) is 17.6 Å². The molecule has 0 spiro atoms. The van der Waals surface area contributed by atoms with Gasteiger partial charge in [-0.25, -0.2) is 4.39 Å². The second-order valence-electron chi connectivity index (χ2n) is 7.18. The Labute approximate surface area is 175 Å². The van der Waals surface area contributed by atoms with Crippen LogP contribution in [0.15, 0.2) is 42.5 Å². The van der Waals surface area contributed by atoms with Crippen LogP contribution in [0.25, 0.3) is 0 Å². The van der Waals surface area contributed by atoms with Gasteiger partial charge < -0.3 is 19.7 Å². The van der Waals surface area contributed by atoms with Crippen LogP contribution in [0.3, 0.4) is 0 Å². The number of nitrogens with zero attached hydrogens (tertiary/aromatic N) is 2. The molecule has 8 heteroatoms. The summed E-state index contributed by atoms with van der Waals surface area (Å²) in [6.45, 7) is 1.94. The van der Waals surface area contributed by atoms with Gasteiger partial charge in [-0.3, -0.25) is 14.5 Å². The Morgan fingerprint density at radius 3 is 2.50 bits per heavy atom. The second kappa shape index (κ2) is 9.69. The smallest absolute Gasteiger partial charge is 0.253 e. The summed E-state index contributed by atoms with van der Waals surface area (Å²) in [5.41, 5.74) is 1.05. The molecule has 2 aromatic carbocycles. The summed E-state index contributed by atoms with van der Waals surface area (Å²) in [6, 6.07) is 10.2. The summed E-state index contributed by atoms with van der Waals surface area (Å²) < 4.78 is 25.3. The van der Waals surface area contributed by atoms with E-state index in [0.717, 1.165) is 0 Å². The molecule has 0 saturated carbocycles. The van der Waals surface area contributed by atoms with Gasteiger partial charge in [0, 0.05) is 38.3 Å². The molecular formula is C22H26FN3O4. The van der Waals surface area contributed by atoms with Gasteiger partial charge in [-0.15, -0.1) is 0 Å². The molecule has 160 valence electrons. The van der Waals surface area contributed by atoms with E-state index in [1.165, 1.54) is 18.1 Å². The monoisotopic (exact) mass is 415 g/mol. The molecule has 7 nitrogen and oxygen atoms in total. The van der Waals surface area contributed by atoms with E-state index in [2.05, 4.69) is 5.32 Å². The highest BCUT2D eigenvalue weighted by atomic mass is 19.1. The van der Waals surface area contributed by atoms with Gasteiger partial charge in [-0.1, -0.05) is 18.2 Å². The van der Waals surface area contributed by atoms with Crippen LogP contribution < -0.4 is 10.1 Å². The molecule has 1 N–H and O–H groups in total. The van der Waals surface area contributed by atoms with Gasteiger partial charge in [-0.2, -0.15) is 0 Å². The molecule has 3 rings (SSSR count). The normalized spacial score (nSPS) is 15.3. The van der Waals surface area contributed by atoms with Crippen molar-refractivity contribution in [2.45, 2.75) is 6.04 Å². The molecular weight excluding hydrogens is 389 g/mol. The quantitative estimate of drug-likeness (QED) is 0.785. The zero-order valence-corrected chi connectivity index (χ0v) is 17.4. The summed E-state index contributed by atoms with van der Waals surface area (Å²) in [7, 11) is 4.78. The molecule has 1 saturated heterocycles. The number of amides is 2. The first kappa shape index (κ1) is 21.7. The summed E-state index contributed by atoms with van der Waals surface area (Å²) in [4.78, 5) is 29.0. The fraction of sp³-hybridized carbons (Fsp3) is 0.364. The van der Waals surface area contributed by atoms with E-state index in [4.69, 9.17) is 9.47 Å². The number of halogens is 1. The number of morpholine rings is 1. The number of nitrogens with one attached hydrogen (secondary N) is 1. The molecule has 1 heterocycles. The van der Waals surface area contributed by atoms with Gasteiger partial charge in [0.05, 0.1) is 26.0 Å². The minimum absolute atomic E-state index is 0.202. The van der Waals surface area contributed by atoms with E-state index in [9.17, 15) is 14.0 Å². The van der Waals surface area contributed by atoms with E-state index in [-0.39, 0.29) is 11.5 Å². The van der Waals surface area contributed by atoms with Crippen LogP contribution in [0.2, 0.25) is 0 Å². The van der Waals surface area contributed by atoms with E-state index in [1.807, 2.05) is 4.90 Å². The Bertz CT molecular complexity index is 913. The van der Waals surface area contributed by atoms with Crippen molar-refractivity contribution in [3.8, 4) is 5.75 Å². The van der Waals surface area contributed by atoms with Crippen LogP contribution in [0.1, 0.15) is 22.0 Å². The maximum Gasteiger partial charge on any atom is 0.253 e. The standard InChI is InChI=1S/C22H26FN3O4/c1-25(2)22(28)15-8-9-19(29-3)18(14-15)24-21(27)20(26-10-12-30-13-11-26)16-6-4-5-7-17(16)23/h4-9,14,20H,10-13H2,1-3H3,(H,24,27). The highest BCUT2D eigenvalue weighted by Crippen LogP contribution is 2.30. The fourth-order valence-corrected chi connectivity index (χ4v) is 3.43. The van der Waals surface area contributed by atoms with Gasteiger partial charge >= 0.3 is 0 Å². The Hall–Kier alpha value is -2.97. The predicted molar refractivity (Wildman–Crippen MR) is 111 cm³/mol. The summed E-state index contributed by atoms with van der Waals surface area (Å²) in [5, 5.41) is 2.83. The fourth-order valence-electron chi connectivity index (χ4n) is 3.43. The molecule has 2 amide bonds. The van der Waals surface area contributed by atoms with Crippen molar-refractivity contribution in [1.29, 1.82) is 0 Å². The Morgan fingerprint density at radius 1 is 1.17 bits per heavy atom. The number of methoxy groups -OCH3 is 1. The average molecular weight is 415 g/mol. The maximum atomic E-state index is 14.6. The molecule has 2 aromatic rings. The lowest BCUT2D eigenvalue weighted by Crippen LogP contribution is -2.44. The van der Waals surface area contributed by atoms with Crippen LogP contribution in [0.4, 0.5) is 10.1 Å². The van der Waals surface area contributed by atoms with E-state index >= 15 is 0 Å². The van der Waals surface area contributed by atoms with Crippen molar-refractivity contribution in [3.63, 3.8) is 0 Å². The molecule has 0 aliphatic carbocycles. The molecule has 1 fully saturated rings. The predicted octanol–water partition coefficient (Wildman–Crippen LogP) is 2.55. The number of ether oxygens (including phenoxy) is 2. The summed E-state index contributed by atoms with van der Waals surface area (Å²) in [5.74, 6) is -0.651. The zero-order valence-electron chi connectivity index (χ0n) is 17.4. The molecule has 1 atom stereocenters. The first-order chi connectivity index (χ1) is 14.4. The van der Waals surface area contributed by atoms with E-state index < -0.39 is 17.8 Å². The van der Waals surface area contributed by atoms with Crippen molar-refractivity contribution >= 4 is 17.5 Å². The lowest BCUT2D eigenvalue weighted by atomic mass is 10.0. The third-order valence-electron chi connectivity index (χ3n) is 4.97. The van der Waals surface area contributed by atoms with Gasteiger partial charge in [0.25, 0.3) is 5.91 Å². The maximum absolute atomic E-state index is 14.6. The summed E-state index contributed by atoms with van der Waals surface area (Å²) in [6.07, 6.45) is 0. The summed E-state index contributed by atoms with van der Waals surface area (Å²) >= 11 is 0. The largest absolute Gasteiger partial charge is 0.495 e. The third kappa shape index (κ3) is 4.77. The van der Waals surface area contributed by atoms with Crippen LogP contribution in [-0.2, 0) is 9.53 Å². The number of hydrogen-bond acceptors (Lipinski definition) is 5. The lowest BCUT2D eigenvalue weighted by Gasteiger charge is -2.34. The van der Waals surface area contributed by atoms with Crippen molar-refractivity contribution in [2.75, 3.05) is 52.8 Å². The number of hydrogen-bond donors (Lipinski definition) is 1. The van der Waals surface area contributed by atoms with Crippen LogP contribution in [0, 0.1) is 5.82 Å². The van der Waals surface area contributed by atoms with Gasteiger partial charge in [0.15, 0.2) is 0 Å². The van der Waals surface area contributed by atoms with Gasteiger partial charge in [0.2, 0.25) is 5.91 Å². The Balaban J connectivity index is 1.95. The Kier molecular flexibility index (Phi) is 7.02. The van der Waals surface area contributed by atoms with Crippen molar-refractivity contribution < 1.29 is 23.5 Å². The van der Waals surface area contributed by atoms with E-state index in [1.54, 1.807) is 50.5 Å². The number of anilines is 1. The molecule has 0 bridgehead atoms. The number of carbonyl (C=O) groups is 2. The van der Waals surface area contributed by atoms with Crippen LogP contribution in [0.5, 0.6) is 5.75 Å². The lowest BCUT2D eigenvalue weighted by molar-refractivity contribution is -0.123. The number of carbonyl (C=O) groups excluding carboxylic acids is 2. The highest BCUT2D eigenvalue weighted by molar-refractivity contribution is 6.00. The second-order valence-corrected chi connectivity index (χ2v) is 7.18. The zero-order chi connectivity index (χ0) is 21.7. The first-order valence-electron chi connectivity index (χ1n) is 9.69.